The zero-order chi connectivity index (χ0) is 18.0. The van der Waals surface area contributed by atoms with E-state index in [0.29, 0.717) is 19.4 Å². The van der Waals surface area contributed by atoms with Gasteiger partial charge in [-0.1, -0.05) is 6.42 Å². The first kappa shape index (κ1) is 22.1. The number of phosphoric acid groups is 1. The molecule has 0 unspecified atom stereocenters. The molecule has 0 aromatic rings. The fourth-order valence-electron chi connectivity index (χ4n) is 1.64. The van der Waals surface area contributed by atoms with Crippen LogP contribution in [0.5, 0.6) is 0 Å². The highest BCUT2D eigenvalue weighted by atomic mass is 31.2. The summed E-state index contributed by atoms with van der Waals surface area (Å²) in [7, 11) is -5.00. The summed E-state index contributed by atoms with van der Waals surface area (Å²) in [5, 5.41) is 29.4. The molecule has 11 nitrogen and oxygen atoms in total. The minimum absolute atomic E-state index is 0.276. The molecule has 0 heterocycles. The number of phosphoric ester groups is 1. The molecule has 0 aliphatic rings. The van der Waals surface area contributed by atoms with Gasteiger partial charge in [-0.3, -0.25) is 14.1 Å². The zero-order valence-corrected chi connectivity index (χ0v) is 13.3. The number of carboxylic acids is 1. The summed E-state index contributed by atoms with van der Waals surface area (Å²) in [4.78, 5) is 39.6. The number of aliphatic hydroxyl groups is 2. The number of ketones is 1. The van der Waals surface area contributed by atoms with E-state index < -0.39 is 44.4 Å². The number of hydrogen-bond acceptors (Lipinski definition) is 8. The Kier molecular flexibility index (Phi) is 10.4. The summed E-state index contributed by atoms with van der Waals surface area (Å²) < 4.78 is 14.9. The van der Waals surface area contributed by atoms with Crippen LogP contribution in [0.2, 0.25) is 0 Å². The van der Waals surface area contributed by atoms with E-state index in [2.05, 4.69) is 9.84 Å². The van der Waals surface area contributed by atoms with Gasteiger partial charge in [0, 0.05) is 0 Å². The molecule has 23 heavy (non-hydrogen) atoms. The van der Waals surface area contributed by atoms with Crippen molar-refractivity contribution in [1.82, 2.24) is 5.32 Å². The maximum atomic E-state index is 11.8. The quantitative estimate of drug-likeness (QED) is 0.136. The van der Waals surface area contributed by atoms with Crippen LogP contribution in [0.15, 0.2) is 0 Å². The highest BCUT2D eigenvalue weighted by Gasteiger charge is 2.33. The van der Waals surface area contributed by atoms with Crippen LogP contribution < -0.4 is 11.1 Å². The molecule has 8 N–H and O–H groups in total. The predicted octanol–water partition coefficient (Wildman–Crippen LogP) is -2.44. The average Bonchev–Trinajstić information content (AvgIpc) is 2.45. The third-order valence-electron chi connectivity index (χ3n) is 2.84. The van der Waals surface area contributed by atoms with Crippen molar-refractivity contribution in [1.29, 1.82) is 0 Å². The Morgan fingerprint density at radius 1 is 1.26 bits per heavy atom. The molecule has 3 atom stereocenters. The molecule has 12 heteroatoms. The maximum absolute atomic E-state index is 11.8. The third-order valence-corrected chi connectivity index (χ3v) is 3.34. The van der Waals surface area contributed by atoms with Gasteiger partial charge < -0.3 is 36.2 Å². The Morgan fingerprint density at radius 3 is 2.35 bits per heavy atom. The molecule has 0 amide bonds. The number of carbonyl (C=O) groups is 2. The van der Waals surface area contributed by atoms with Gasteiger partial charge in [-0.25, -0.2) is 4.57 Å². The monoisotopic (exact) mass is 358 g/mol. The summed E-state index contributed by atoms with van der Waals surface area (Å²) in [5.74, 6) is -1.93. The van der Waals surface area contributed by atoms with Crippen LogP contribution in [-0.4, -0.2) is 74.8 Å². The van der Waals surface area contributed by atoms with E-state index in [4.69, 9.17) is 25.7 Å². The Labute approximate surface area is 132 Å². The predicted molar refractivity (Wildman–Crippen MR) is 77.3 cm³/mol. The van der Waals surface area contributed by atoms with Crippen molar-refractivity contribution in [2.75, 3.05) is 19.7 Å². The van der Waals surface area contributed by atoms with Gasteiger partial charge >= 0.3 is 13.8 Å². The lowest BCUT2D eigenvalue weighted by molar-refractivity contribution is -0.138. The first-order valence-corrected chi connectivity index (χ1v) is 8.36. The number of aliphatic hydroxyl groups excluding tert-OH is 2. The van der Waals surface area contributed by atoms with Crippen molar-refractivity contribution in [2.24, 2.45) is 5.73 Å². The Hall–Kier alpha value is -0.910. The summed E-state index contributed by atoms with van der Waals surface area (Å²) in [6.45, 7) is -0.911. The van der Waals surface area contributed by atoms with E-state index in [1.54, 1.807) is 0 Å². The third kappa shape index (κ3) is 10.5. The van der Waals surface area contributed by atoms with E-state index in [9.17, 15) is 19.3 Å². The summed E-state index contributed by atoms with van der Waals surface area (Å²) in [6.07, 6.45) is -2.30. The number of unbranched alkanes of at least 4 members (excludes halogenated alkanes) is 1. The molecule has 136 valence electrons. The number of hydrogen-bond donors (Lipinski definition) is 7. The van der Waals surface area contributed by atoms with Gasteiger partial charge in [0.1, 0.15) is 12.1 Å². The minimum atomic E-state index is -5.00. The van der Waals surface area contributed by atoms with Crippen molar-refractivity contribution >= 4 is 19.6 Å². The van der Waals surface area contributed by atoms with Crippen LogP contribution in [-0.2, 0) is 18.7 Å². The van der Waals surface area contributed by atoms with Crippen LogP contribution in [0.4, 0.5) is 0 Å². The molecular formula is C11H23N2O9P. The highest BCUT2D eigenvalue weighted by molar-refractivity contribution is 7.46. The molecule has 0 fully saturated rings. The fraction of sp³-hybridized carbons (Fsp3) is 0.818. The summed E-state index contributed by atoms with van der Waals surface area (Å²) in [6, 6.07) is -0.947. The van der Waals surface area contributed by atoms with Crippen molar-refractivity contribution in [3.05, 3.63) is 0 Å². The normalized spacial score (nSPS) is 15.9. The zero-order valence-electron chi connectivity index (χ0n) is 12.4. The van der Waals surface area contributed by atoms with Crippen molar-refractivity contribution in [3.8, 4) is 0 Å². The highest BCUT2D eigenvalue weighted by Crippen LogP contribution is 2.38. The van der Waals surface area contributed by atoms with E-state index in [1.807, 2.05) is 0 Å². The largest absolute Gasteiger partial charge is 0.480 e. The molecule has 0 rings (SSSR count). The molecule has 0 aliphatic heterocycles. The van der Waals surface area contributed by atoms with Gasteiger partial charge in [0.2, 0.25) is 0 Å². The number of carboxylic acid groups (broad SMARTS) is 1. The molecule has 0 radical (unpaired) electrons. The van der Waals surface area contributed by atoms with Crippen LogP contribution in [0.25, 0.3) is 0 Å². The Morgan fingerprint density at radius 2 is 1.87 bits per heavy atom. The molecular weight excluding hydrogens is 335 g/mol. The Bertz CT molecular complexity index is 428. The first-order chi connectivity index (χ1) is 10.6. The average molecular weight is 358 g/mol. The Balaban J connectivity index is 4.13. The second-order valence-corrected chi connectivity index (χ2v) is 6.04. The molecule has 0 bridgehead atoms. The first-order valence-electron chi connectivity index (χ1n) is 6.83. The molecule has 0 saturated carbocycles. The maximum Gasteiger partial charge on any atom is 0.470 e. The van der Waals surface area contributed by atoms with Crippen molar-refractivity contribution in [2.45, 2.75) is 37.5 Å². The number of rotatable bonds is 13. The molecule has 0 aromatic heterocycles. The minimum Gasteiger partial charge on any atom is -0.480 e. The van der Waals surface area contributed by atoms with E-state index in [0.717, 1.165) is 0 Å². The number of nitrogens with one attached hydrogen (secondary N) is 1. The standard InChI is InChI=1S/C11H23N2O9P/c12-7(11(17)18)3-1-2-4-13-5-8(15)10(9(16)6-14)22-23(19,20)21/h7,9-10,13-14,16H,1-6,12H2,(H,17,18)(H2,19,20,21)/t7-,9+,10-/m0/s1. The van der Waals surface area contributed by atoms with Gasteiger partial charge in [0.25, 0.3) is 0 Å². The number of nitrogens with two attached hydrogens (primary N) is 1. The summed E-state index contributed by atoms with van der Waals surface area (Å²) >= 11 is 0. The molecule has 0 aliphatic carbocycles. The van der Waals surface area contributed by atoms with Crippen LogP contribution >= 0.6 is 7.82 Å². The lowest BCUT2D eigenvalue weighted by Crippen LogP contribution is -2.42. The molecule has 0 aromatic carbocycles. The second kappa shape index (κ2) is 10.8. The van der Waals surface area contributed by atoms with Crippen LogP contribution in [0.1, 0.15) is 19.3 Å². The topological polar surface area (TPSA) is 200 Å². The van der Waals surface area contributed by atoms with Gasteiger partial charge in [0.15, 0.2) is 11.9 Å². The van der Waals surface area contributed by atoms with Crippen molar-refractivity contribution in [3.63, 3.8) is 0 Å². The van der Waals surface area contributed by atoms with E-state index >= 15 is 0 Å². The number of Topliss-reactive ketones (excluding diaryl/α,β-unsaturated/α-hetero) is 1. The lowest BCUT2D eigenvalue weighted by Gasteiger charge is -2.21. The van der Waals surface area contributed by atoms with Gasteiger partial charge in [0.05, 0.1) is 13.2 Å². The number of aliphatic carboxylic acids is 1. The van der Waals surface area contributed by atoms with Crippen LogP contribution in [0, 0.1) is 0 Å². The molecule has 0 spiro atoms. The lowest BCUT2D eigenvalue weighted by atomic mass is 10.1. The van der Waals surface area contributed by atoms with Gasteiger partial charge in [-0.15, -0.1) is 0 Å². The second-order valence-electron chi connectivity index (χ2n) is 4.85. The van der Waals surface area contributed by atoms with Gasteiger partial charge in [-0.2, -0.15) is 0 Å². The fourth-order valence-corrected chi connectivity index (χ4v) is 2.19. The van der Waals surface area contributed by atoms with E-state index in [-0.39, 0.29) is 13.0 Å². The SMILES string of the molecule is N[C@@H](CCCCNCC(=O)[C@H](OP(=O)(O)O)[C@H](O)CO)C(=O)O. The van der Waals surface area contributed by atoms with Crippen LogP contribution in [0.3, 0.4) is 0 Å². The smallest absolute Gasteiger partial charge is 0.470 e. The molecule has 0 saturated heterocycles. The van der Waals surface area contributed by atoms with Crippen molar-refractivity contribution < 1.29 is 43.8 Å². The summed E-state index contributed by atoms with van der Waals surface area (Å²) in [5.41, 5.74) is 5.31. The number of carbonyl (C=O) groups excluding carboxylic acids is 1. The van der Waals surface area contributed by atoms with Gasteiger partial charge in [-0.05, 0) is 19.4 Å². The van der Waals surface area contributed by atoms with E-state index in [1.165, 1.54) is 0 Å².